The molecule has 0 heterocycles. The Bertz CT molecular complexity index is 142. The zero-order chi connectivity index (χ0) is 6.57. The lowest BCUT2D eigenvalue weighted by Gasteiger charge is -2.05. The minimum absolute atomic E-state index is 0.528. The van der Waals surface area contributed by atoms with Crippen LogP contribution in [0, 0.1) is 11.8 Å². The zero-order valence-electron chi connectivity index (χ0n) is 4.80. The van der Waals surface area contributed by atoms with E-state index in [4.69, 9.17) is 0 Å². The van der Waals surface area contributed by atoms with Gasteiger partial charge in [-0.05, 0) is 24.9 Å². The van der Waals surface area contributed by atoms with Gasteiger partial charge in [-0.25, -0.2) is 0 Å². The lowest BCUT2D eigenvalue weighted by molar-refractivity contribution is 0.533. The van der Waals surface area contributed by atoms with E-state index in [0.29, 0.717) is 0 Å². The summed E-state index contributed by atoms with van der Waals surface area (Å²) in [5.41, 5.74) is 0. The molecule has 0 N–H and O–H groups in total. The van der Waals surface area contributed by atoms with Crippen LogP contribution in [0.5, 0.6) is 0 Å². The van der Waals surface area contributed by atoms with Gasteiger partial charge < -0.3 is 4.55 Å². The molecule has 2 nitrogen and oxygen atoms in total. The molecule has 0 aliphatic heterocycles. The van der Waals surface area contributed by atoms with Crippen LogP contribution in [0.2, 0.25) is 0 Å². The molecule has 3 heteroatoms. The Morgan fingerprint density at radius 3 is 2.38 bits per heavy atom. The Morgan fingerprint density at radius 2 is 2.25 bits per heavy atom. The summed E-state index contributed by atoms with van der Waals surface area (Å²) >= 11 is -2.03. The van der Waals surface area contributed by atoms with E-state index in [2.05, 4.69) is 11.8 Å². The summed E-state index contributed by atoms with van der Waals surface area (Å²) < 4.78 is 20.0. The first-order chi connectivity index (χ1) is 3.68. The van der Waals surface area contributed by atoms with Gasteiger partial charge in [-0.15, -0.1) is 5.92 Å². The van der Waals surface area contributed by atoms with Crippen LogP contribution in [0.15, 0.2) is 0 Å². The molecule has 2 atom stereocenters. The highest BCUT2D eigenvalue weighted by Gasteiger charge is 1.91. The van der Waals surface area contributed by atoms with E-state index in [-0.39, 0.29) is 0 Å². The molecule has 0 bridgehead atoms. The molecule has 0 spiro atoms. The van der Waals surface area contributed by atoms with Gasteiger partial charge >= 0.3 is 0 Å². The van der Waals surface area contributed by atoms with Crippen LogP contribution in [0.25, 0.3) is 0 Å². The van der Waals surface area contributed by atoms with E-state index < -0.39 is 16.3 Å². The molecule has 0 aromatic heterocycles. The van der Waals surface area contributed by atoms with Crippen LogP contribution in [0.3, 0.4) is 0 Å². The lowest BCUT2D eigenvalue weighted by atomic mass is 10.5. The van der Waals surface area contributed by atoms with Gasteiger partial charge in [0.15, 0.2) is 0 Å². The van der Waals surface area contributed by atoms with Crippen LogP contribution in [0.1, 0.15) is 13.8 Å². The second-order valence-corrected chi connectivity index (χ2v) is 2.53. The van der Waals surface area contributed by atoms with Crippen LogP contribution in [-0.2, 0) is 11.1 Å². The fourth-order valence-corrected chi connectivity index (χ4v) is 0.465. The largest absolute Gasteiger partial charge is 0.771 e. The molecule has 0 radical (unpaired) electrons. The zero-order valence-corrected chi connectivity index (χ0v) is 5.62. The van der Waals surface area contributed by atoms with Gasteiger partial charge in [-0.3, -0.25) is 4.21 Å². The van der Waals surface area contributed by atoms with Crippen LogP contribution < -0.4 is 0 Å². The third kappa shape index (κ3) is 2.78. The Balaban J connectivity index is 3.77. The average Bonchev–Trinajstić information content (AvgIpc) is 1.67. The molecule has 8 heavy (non-hydrogen) atoms. The topological polar surface area (TPSA) is 40.1 Å². The third-order valence-electron chi connectivity index (χ3n) is 0.636. The van der Waals surface area contributed by atoms with Gasteiger partial charge in [-0.1, -0.05) is 5.92 Å². The normalized spacial score (nSPS) is 15.9. The van der Waals surface area contributed by atoms with Crippen molar-refractivity contribution in [2.75, 3.05) is 0 Å². The number of hydrogen-bond acceptors (Lipinski definition) is 2. The molecular formula is C5H7O2S-. The van der Waals surface area contributed by atoms with Crippen molar-refractivity contribution in [3.63, 3.8) is 0 Å². The first-order valence-electron chi connectivity index (χ1n) is 2.19. The summed E-state index contributed by atoms with van der Waals surface area (Å²) in [6.45, 7) is 3.16. The number of rotatable bonds is 1. The summed E-state index contributed by atoms with van der Waals surface area (Å²) in [7, 11) is 0. The molecule has 46 valence electrons. The molecule has 0 fully saturated rings. The Labute approximate surface area is 51.6 Å². The molecule has 0 amide bonds. The van der Waals surface area contributed by atoms with Crippen LogP contribution in [-0.4, -0.2) is 14.0 Å². The molecule has 0 aromatic carbocycles. The van der Waals surface area contributed by atoms with Crippen molar-refractivity contribution in [1.82, 2.24) is 0 Å². The Hall–Kier alpha value is -0.330. The highest BCUT2D eigenvalue weighted by atomic mass is 32.2. The molecule has 0 aliphatic rings. The van der Waals surface area contributed by atoms with E-state index >= 15 is 0 Å². The molecule has 0 aromatic rings. The van der Waals surface area contributed by atoms with Crippen molar-refractivity contribution in [2.45, 2.75) is 19.1 Å². The van der Waals surface area contributed by atoms with Crippen molar-refractivity contribution >= 4 is 11.1 Å². The first kappa shape index (κ1) is 7.67. The summed E-state index contributed by atoms with van der Waals surface area (Å²) in [4.78, 5) is 0. The third-order valence-corrected chi connectivity index (χ3v) is 1.33. The maximum atomic E-state index is 9.99. The average molecular weight is 131 g/mol. The van der Waals surface area contributed by atoms with E-state index in [1.807, 2.05) is 0 Å². The maximum Gasteiger partial charge on any atom is 0.0796 e. The van der Waals surface area contributed by atoms with Crippen molar-refractivity contribution in [1.29, 1.82) is 0 Å². The molecule has 0 rings (SSSR count). The lowest BCUT2D eigenvalue weighted by Crippen LogP contribution is -2.05. The van der Waals surface area contributed by atoms with Gasteiger partial charge in [0.1, 0.15) is 0 Å². The molecule has 2 unspecified atom stereocenters. The van der Waals surface area contributed by atoms with Crippen molar-refractivity contribution < 1.29 is 8.76 Å². The molecular weight excluding hydrogens is 124 g/mol. The fraction of sp³-hybridized carbons (Fsp3) is 0.600. The van der Waals surface area contributed by atoms with E-state index in [1.165, 1.54) is 0 Å². The van der Waals surface area contributed by atoms with Crippen molar-refractivity contribution in [3.8, 4) is 11.8 Å². The minimum Gasteiger partial charge on any atom is -0.771 e. The smallest absolute Gasteiger partial charge is 0.0796 e. The second kappa shape index (κ2) is 3.65. The Kier molecular flexibility index (Phi) is 3.49. The summed E-state index contributed by atoms with van der Waals surface area (Å²) in [6, 6.07) is 0. The monoisotopic (exact) mass is 131 g/mol. The molecule has 0 saturated heterocycles. The minimum atomic E-state index is -2.03. The van der Waals surface area contributed by atoms with E-state index in [0.717, 1.165) is 0 Å². The van der Waals surface area contributed by atoms with Gasteiger partial charge in [0.05, 0.1) is 5.25 Å². The predicted molar refractivity (Wildman–Crippen MR) is 31.8 cm³/mol. The maximum absolute atomic E-state index is 9.99. The van der Waals surface area contributed by atoms with Gasteiger partial charge in [0.25, 0.3) is 0 Å². The Morgan fingerprint density at radius 1 is 1.75 bits per heavy atom. The van der Waals surface area contributed by atoms with E-state index in [1.54, 1.807) is 13.8 Å². The summed E-state index contributed by atoms with van der Waals surface area (Å²) in [6.07, 6.45) is 0. The van der Waals surface area contributed by atoms with Crippen molar-refractivity contribution in [2.24, 2.45) is 0 Å². The quantitative estimate of drug-likeness (QED) is 0.378. The first-order valence-corrected chi connectivity index (χ1v) is 3.32. The van der Waals surface area contributed by atoms with Gasteiger partial charge in [0, 0.05) is 0 Å². The second-order valence-electron chi connectivity index (χ2n) is 1.30. The van der Waals surface area contributed by atoms with Crippen LogP contribution >= 0.6 is 0 Å². The van der Waals surface area contributed by atoms with Crippen LogP contribution in [0.4, 0.5) is 0 Å². The fourth-order valence-electron chi connectivity index (χ4n) is 0.251. The van der Waals surface area contributed by atoms with Gasteiger partial charge in [-0.2, -0.15) is 0 Å². The van der Waals surface area contributed by atoms with Gasteiger partial charge in [0.2, 0.25) is 0 Å². The summed E-state index contributed by atoms with van der Waals surface area (Å²) in [5, 5.41) is -0.528. The molecule has 0 saturated carbocycles. The highest BCUT2D eigenvalue weighted by Crippen LogP contribution is 1.86. The standard InChI is InChI=1S/C5H8O2S/c1-3-4-5(2)8(6)7/h5H,1-2H3,(H,6,7)/p-1. The predicted octanol–water partition coefficient (Wildman–Crippen LogP) is 0.277. The van der Waals surface area contributed by atoms with Crippen molar-refractivity contribution in [3.05, 3.63) is 0 Å². The molecule has 0 aliphatic carbocycles. The summed E-state index contributed by atoms with van der Waals surface area (Å²) in [5.74, 6) is 4.99. The SMILES string of the molecule is CC#CC(C)S(=O)[O-]. The van der Waals surface area contributed by atoms with E-state index in [9.17, 15) is 8.76 Å². The number of hydrogen-bond donors (Lipinski definition) is 0. The highest BCUT2D eigenvalue weighted by molar-refractivity contribution is 7.80.